The van der Waals surface area contributed by atoms with Crippen molar-refractivity contribution in [1.29, 1.82) is 0 Å². The monoisotopic (exact) mass is 360 g/mol. The number of hydrogen-bond acceptors (Lipinski definition) is 4. The Kier molecular flexibility index (Phi) is 4.56. The minimum absolute atomic E-state index is 0.318. The molecule has 4 nitrogen and oxygen atoms in total. The molecule has 4 heteroatoms. The first-order chi connectivity index (χ1) is 13.1. The van der Waals surface area contributed by atoms with Gasteiger partial charge in [0.25, 0.3) is 0 Å². The Morgan fingerprint density at radius 3 is 2.59 bits per heavy atom. The summed E-state index contributed by atoms with van der Waals surface area (Å²) in [6, 6.07) is 14.3. The summed E-state index contributed by atoms with van der Waals surface area (Å²) in [5, 5.41) is 0.924. The van der Waals surface area contributed by atoms with E-state index in [1.54, 1.807) is 0 Å². The van der Waals surface area contributed by atoms with Gasteiger partial charge in [0.05, 0.1) is 17.0 Å². The van der Waals surface area contributed by atoms with Crippen LogP contribution in [-0.2, 0) is 12.8 Å². The van der Waals surface area contributed by atoms with Gasteiger partial charge >= 0.3 is 5.63 Å². The average Bonchev–Trinajstić information content (AvgIpc) is 3.11. The van der Waals surface area contributed by atoms with Crippen molar-refractivity contribution in [3.8, 4) is 0 Å². The van der Waals surface area contributed by atoms with E-state index in [1.807, 2.05) is 18.2 Å². The molecule has 4 rings (SSSR count). The summed E-state index contributed by atoms with van der Waals surface area (Å²) in [4.78, 5) is 19.6. The molecule has 0 N–H and O–H groups in total. The highest BCUT2D eigenvalue weighted by atomic mass is 16.4. The van der Waals surface area contributed by atoms with E-state index < -0.39 is 0 Å². The van der Waals surface area contributed by atoms with Crippen LogP contribution in [0.1, 0.15) is 37.5 Å². The van der Waals surface area contributed by atoms with E-state index >= 15 is 0 Å². The highest BCUT2D eigenvalue weighted by Crippen LogP contribution is 2.30. The predicted octanol–water partition coefficient (Wildman–Crippen LogP) is 4.88. The Bertz CT molecular complexity index is 1090. The van der Waals surface area contributed by atoms with Gasteiger partial charge in [0.15, 0.2) is 0 Å². The van der Waals surface area contributed by atoms with Crippen molar-refractivity contribution in [2.45, 2.75) is 33.6 Å². The van der Waals surface area contributed by atoms with Crippen molar-refractivity contribution in [3.63, 3.8) is 0 Å². The van der Waals surface area contributed by atoms with Crippen LogP contribution in [0.3, 0.4) is 0 Å². The molecule has 138 valence electrons. The summed E-state index contributed by atoms with van der Waals surface area (Å²) in [5.41, 5.74) is 6.13. The molecule has 0 saturated heterocycles. The molecular weight excluding hydrogens is 336 g/mol. The molecule has 3 aromatic rings. The third-order valence-electron chi connectivity index (χ3n) is 5.33. The topological polar surface area (TPSA) is 45.8 Å². The number of rotatable bonds is 5. The third kappa shape index (κ3) is 3.16. The second kappa shape index (κ2) is 7.03. The quantitative estimate of drug-likeness (QED) is 0.609. The summed E-state index contributed by atoms with van der Waals surface area (Å²) in [6.45, 7) is 8.20. The Labute approximate surface area is 159 Å². The standard InChI is InChI=1S/C23H24N2O2/c1-4-15-7-8-16-13-21(24-20(16)11-15)19-12-17-9-10-18(25(5-2)6-3)14-22(17)27-23(19)26/h7-12,14H,4-6,13H2,1-3H3. The van der Waals surface area contributed by atoms with E-state index in [2.05, 4.69) is 49.9 Å². The zero-order valence-electron chi connectivity index (χ0n) is 16.1. The molecule has 0 amide bonds. The van der Waals surface area contributed by atoms with Gasteiger partial charge in [-0.1, -0.05) is 19.1 Å². The third-order valence-corrected chi connectivity index (χ3v) is 5.33. The SMILES string of the molecule is CCc1ccc2c(c1)N=C(c1cc3ccc(N(CC)CC)cc3oc1=O)C2. The van der Waals surface area contributed by atoms with E-state index in [0.29, 0.717) is 17.6 Å². The zero-order chi connectivity index (χ0) is 19.0. The van der Waals surface area contributed by atoms with Gasteiger partial charge in [0, 0.05) is 36.7 Å². The molecule has 2 heterocycles. The first-order valence-electron chi connectivity index (χ1n) is 9.65. The molecular formula is C23H24N2O2. The number of aryl methyl sites for hydroxylation is 1. The first kappa shape index (κ1) is 17.5. The Balaban J connectivity index is 1.74. The lowest BCUT2D eigenvalue weighted by molar-refractivity contribution is 0.559. The van der Waals surface area contributed by atoms with Gasteiger partial charge in [0.1, 0.15) is 5.58 Å². The van der Waals surface area contributed by atoms with Gasteiger partial charge in [0.2, 0.25) is 0 Å². The summed E-state index contributed by atoms with van der Waals surface area (Å²) >= 11 is 0. The van der Waals surface area contributed by atoms with Crippen LogP contribution < -0.4 is 10.5 Å². The number of fused-ring (bicyclic) bond motifs is 2. The normalized spacial score (nSPS) is 12.9. The van der Waals surface area contributed by atoms with Gasteiger partial charge in [-0.25, -0.2) is 4.79 Å². The Morgan fingerprint density at radius 2 is 1.85 bits per heavy atom. The fourth-order valence-corrected chi connectivity index (χ4v) is 3.69. The van der Waals surface area contributed by atoms with Crippen LogP contribution in [0, 0.1) is 0 Å². The number of anilines is 1. The summed E-state index contributed by atoms with van der Waals surface area (Å²) in [7, 11) is 0. The molecule has 27 heavy (non-hydrogen) atoms. The van der Waals surface area contributed by atoms with E-state index in [-0.39, 0.29) is 5.63 Å². The number of hydrogen-bond donors (Lipinski definition) is 0. The number of benzene rings is 2. The Morgan fingerprint density at radius 1 is 1.04 bits per heavy atom. The average molecular weight is 360 g/mol. The minimum atomic E-state index is -0.318. The van der Waals surface area contributed by atoms with Crippen molar-refractivity contribution in [1.82, 2.24) is 0 Å². The van der Waals surface area contributed by atoms with Crippen LogP contribution in [0.5, 0.6) is 0 Å². The number of nitrogens with zero attached hydrogens (tertiary/aromatic N) is 2. The molecule has 0 unspecified atom stereocenters. The highest BCUT2D eigenvalue weighted by Gasteiger charge is 2.20. The lowest BCUT2D eigenvalue weighted by Gasteiger charge is -2.21. The molecule has 2 aromatic carbocycles. The zero-order valence-corrected chi connectivity index (χ0v) is 16.1. The molecule has 0 fully saturated rings. The van der Waals surface area contributed by atoms with Crippen molar-refractivity contribution in [2.75, 3.05) is 18.0 Å². The molecule has 0 spiro atoms. The van der Waals surface area contributed by atoms with Crippen molar-refractivity contribution < 1.29 is 4.42 Å². The smallest absolute Gasteiger partial charge is 0.345 e. The fraction of sp³-hybridized carbons (Fsp3) is 0.304. The molecule has 0 radical (unpaired) electrons. The fourth-order valence-electron chi connectivity index (χ4n) is 3.69. The van der Waals surface area contributed by atoms with Gasteiger partial charge in [-0.15, -0.1) is 0 Å². The van der Waals surface area contributed by atoms with Crippen molar-refractivity contribution >= 4 is 28.1 Å². The summed E-state index contributed by atoms with van der Waals surface area (Å²) in [6.07, 6.45) is 1.65. The molecule has 1 aromatic heterocycles. The summed E-state index contributed by atoms with van der Waals surface area (Å²) in [5.74, 6) is 0. The molecule has 0 saturated carbocycles. The lowest BCUT2D eigenvalue weighted by Crippen LogP contribution is -2.21. The maximum Gasteiger partial charge on any atom is 0.345 e. The lowest BCUT2D eigenvalue weighted by atomic mass is 10.0. The van der Waals surface area contributed by atoms with Gasteiger partial charge in [-0.2, -0.15) is 0 Å². The Hall–Kier alpha value is -2.88. The number of aliphatic imine (C=N–C) groups is 1. The predicted molar refractivity (Wildman–Crippen MR) is 112 cm³/mol. The van der Waals surface area contributed by atoms with E-state index in [1.165, 1.54) is 11.1 Å². The summed E-state index contributed by atoms with van der Waals surface area (Å²) < 4.78 is 5.67. The van der Waals surface area contributed by atoms with E-state index in [0.717, 1.165) is 42.0 Å². The molecule has 1 aliphatic rings. The van der Waals surface area contributed by atoms with Crippen LogP contribution in [0.2, 0.25) is 0 Å². The highest BCUT2D eigenvalue weighted by molar-refractivity contribution is 6.07. The maximum absolute atomic E-state index is 12.7. The van der Waals surface area contributed by atoms with Crippen LogP contribution >= 0.6 is 0 Å². The second-order valence-corrected chi connectivity index (χ2v) is 6.89. The van der Waals surface area contributed by atoms with Crippen LogP contribution in [0.15, 0.2) is 56.7 Å². The largest absolute Gasteiger partial charge is 0.422 e. The van der Waals surface area contributed by atoms with Crippen LogP contribution in [-0.4, -0.2) is 18.8 Å². The van der Waals surface area contributed by atoms with Crippen LogP contribution in [0.25, 0.3) is 11.0 Å². The molecule has 0 atom stereocenters. The van der Waals surface area contributed by atoms with Crippen LogP contribution in [0.4, 0.5) is 11.4 Å². The van der Waals surface area contributed by atoms with Crippen molar-refractivity contribution in [3.05, 3.63) is 69.6 Å². The minimum Gasteiger partial charge on any atom is -0.422 e. The van der Waals surface area contributed by atoms with Gasteiger partial charge in [-0.3, -0.25) is 4.99 Å². The first-order valence-corrected chi connectivity index (χ1v) is 9.65. The second-order valence-electron chi connectivity index (χ2n) is 6.89. The van der Waals surface area contributed by atoms with Gasteiger partial charge < -0.3 is 9.32 Å². The maximum atomic E-state index is 12.7. The van der Waals surface area contributed by atoms with E-state index in [4.69, 9.17) is 9.41 Å². The molecule has 0 aliphatic carbocycles. The van der Waals surface area contributed by atoms with E-state index in [9.17, 15) is 4.79 Å². The molecule has 1 aliphatic heterocycles. The molecule has 0 bridgehead atoms. The van der Waals surface area contributed by atoms with Crippen molar-refractivity contribution in [2.24, 2.45) is 4.99 Å². The van der Waals surface area contributed by atoms with Gasteiger partial charge in [-0.05, 0) is 55.7 Å².